The molecule has 2 rings (SSSR count). The number of halogens is 1. The molecule has 1 aliphatic heterocycles. The van der Waals surface area contributed by atoms with Crippen molar-refractivity contribution >= 4 is 45.7 Å². The SMILES string of the molecule is CN=C(NCCC(=O)NCc1ccccc1)N1CCS(=O)(=O)C(C)(C)C1.I. The fourth-order valence-corrected chi connectivity index (χ4v) is 4.20. The number of nitrogens with zero attached hydrogens (tertiary/aromatic N) is 2. The molecule has 27 heavy (non-hydrogen) atoms. The monoisotopic (exact) mass is 508 g/mol. The van der Waals surface area contributed by atoms with E-state index in [4.69, 9.17) is 0 Å². The summed E-state index contributed by atoms with van der Waals surface area (Å²) in [6, 6.07) is 9.74. The fourth-order valence-electron chi connectivity index (χ4n) is 2.83. The molecule has 1 aromatic rings. The third kappa shape index (κ3) is 6.63. The number of hydrogen-bond donors (Lipinski definition) is 2. The van der Waals surface area contributed by atoms with Crippen LogP contribution in [0.1, 0.15) is 25.8 Å². The average molecular weight is 508 g/mol. The van der Waals surface area contributed by atoms with Crippen LogP contribution in [0.25, 0.3) is 0 Å². The molecule has 1 heterocycles. The van der Waals surface area contributed by atoms with Crippen LogP contribution in [0.3, 0.4) is 0 Å². The summed E-state index contributed by atoms with van der Waals surface area (Å²) in [5.74, 6) is 0.695. The fraction of sp³-hybridized carbons (Fsp3) is 0.556. The van der Waals surface area contributed by atoms with Crippen LogP contribution in [-0.2, 0) is 21.2 Å². The van der Waals surface area contributed by atoms with E-state index in [1.807, 2.05) is 35.2 Å². The Morgan fingerprint density at radius 2 is 1.89 bits per heavy atom. The van der Waals surface area contributed by atoms with Gasteiger partial charge >= 0.3 is 0 Å². The third-order valence-electron chi connectivity index (χ3n) is 4.52. The van der Waals surface area contributed by atoms with Crippen LogP contribution >= 0.6 is 24.0 Å². The summed E-state index contributed by atoms with van der Waals surface area (Å²) in [6.45, 7) is 5.21. The summed E-state index contributed by atoms with van der Waals surface area (Å²) < 4.78 is 23.4. The van der Waals surface area contributed by atoms with Gasteiger partial charge in [0.2, 0.25) is 5.91 Å². The first-order chi connectivity index (χ1) is 12.2. The topological polar surface area (TPSA) is 90.9 Å². The lowest BCUT2D eigenvalue weighted by atomic mass is 10.2. The standard InChI is InChI=1S/C18H28N4O3S.HI/c1-18(2)14-22(11-12-26(18,24)25)17(19-3)20-10-9-16(23)21-13-15-7-5-4-6-8-15;/h4-8H,9-14H2,1-3H3,(H,19,20)(H,21,23);1H. The lowest BCUT2D eigenvalue weighted by Crippen LogP contribution is -2.57. The van der Waals surface area contributed by atoms with Gasteiger partial charge in [0.05, 0.1) is 10.5 Å². The second-order valence-electron chi connectivity index (χ2n) is 6.99. The zero-order valence-electron chi connectivity index (χ0n) is 16.1. The first kappa shape index (κ1) is 23.7. The van der Waals surface area contributed by atoms with Gasteiger partial charge in [-0.15, -0.1) is 24.0 Å². The summed E-state index contributed by atoms with van der Waals surface area (Å²) in [6.07, 6.45) is 0.321. The van der Waals surface area contributed by atoms with Crippen molar-refractivity contribution in [2.45, 2.75) is 31.6 Å². The van der Waals surface area contributed by atoms with Crippen molar-refractivity contribution in [3.63, 3.8) is 0 Å². The molecule has 0 saturated carbocycles. The van der Waals surface area contributed by atoms with Crippen molar-refractivity contribution < 1.29 is 13.2 Å². The number of aliphatic imine (C=N–C) groups is 1. The van der Waals surface area contributed by atoms with Gasteiger partial charge in [-0.05, 0) is 19.4 Å². The van der Waals surface area contributed by atoms with Crippen molar-refractivity contribution in [3.05, 3.63) is 35.9 Å². The maximum atomic E-state index is 12.1. The lowest BCUT2D eigenvalue weighted by molar-refractivity contribution is -0.121. The largest absolute Gasteiger partial charge is 0.356 e. The summed E-state index contributed by atoms with van der Waals surface area (Å²) in [5, 5.41) is 6.04. The van der Waals surface area contributed by atoms with E-state index in [2.05, 4.69) is 15.6 Å². The summed E-state index contributed by atoms with van der Waals surface area (Å²) in [4.78, 5) is 18.1. The van der Waals surface area contributed by atoms with Gasteiger partial charge in [-0.1, -0.05) is 30.3 Å². The number of sulfone groups is 1. The van der Waals surface area contributed by atoms with Crippen LogP contribution in [0.5, 0.6) is 0 Å². The molecule has 0 bridgehead atoms. The molecule has 1 aliphatic rings. The second kappa shape index (κ2) is 10.3. The van der Waals surface area contributed by atoms with Crippen LogP contribution in [0.4, 0.5) is 0 Å². The molecule has 1 saturated heterocycles. The van der Waals surface area contributed by atoms with Gasteiger partial charge in [0, 0.05) is 39.6 Å². The number of carbonyl (C=O) groups excluding carboxylic acids is 1. The van der Waals surface area contributed by atoms with Gasteiger partial charge in [-0.2, -0.15) is 0 Å². The Morgan fingerprint density at radius 3 is 2.48 bits per heavy atom. The number of carbonyl (C=O) groups is 1. The molecule has 2 N–H and O–H groups in total. The van der Waals surface area contributed by atoms with Crippen LogP contribution in [0.2, 0.25) is 0 Å². The maximum Gasteiger partial charge on any atom is 0.222 e. The Morgan fingerprint density at radius 1 is 1.22 bits per heavy atom. The summed E-state index contributed by atoms with van der Waals surface area (Å²) in [5.41, 5.74) is 1.06. The quantitative estimate of drug-likeness (QED) is 0.357. The Kier molecular flexibility index (Phi) is 9.00. The highest BCUT2D eigenvalue weighted by Gasteiger charge is 2.40. The van der Waals surface area contributed by atoms with Crippen LogP contribution in [0.15, 0.2) is 35.3 Å². The van der Waals surface area contributed by atoms with Crippen LogP contribution < -0.4 is 10.6 Å². The predicted octanol–water partition coefficient (Wildman–Crippen LogP) is 1.40. The van der Waals surface area contributed by atoms with Crippen molar-refractivity contribution in [3.8, 4) is 0 Å². The Bertz CT molecular complexity index is 751. The molecular weight excluding hydrogens is 479 g/mol. The Hall–Kier alpha value is -1.36. The van der Waals surface area contributed by atoms with E-state index < -0.39 is 14.6 Å². The van der Waals surface area contributed by atoms with Gasteiger partial charge < -0.3 is 15.5 Å². The van der Waals surface area contributed by atoms with Crippen molar-refractivity contribution in [2.75, 3.05) is 32.4 Å². The van der Waals surface area contributed by atoms with Crippen LogP contribution in [-0.4, -0.2) is 62.4 Å². The zero-order chi connectivity index (χ0) is 19.2. The highest BCUT2D eigenvalue weighted by Crippen LogP contribution is 2.23. The first-order valence-electron chi connectivity index (χ1n) is 8.74. The number of nitrogens with one attached hydrogen (secondary N) is 2. The van der Waals surface area contributed by atoms with E-state index >= 15 is 0 Å². The highest BCUT2D eigenvalue weighted by atomic mass is 127. The van der Waals surface area contributed by atoms with Crippen molar-refractivity contribution in [1.29, 1.82) is 0 Å². The van der Waals surface area contributed by atoms with Gasteiger partial charge in [0.1, 0.15) is 0 Å². The highest BCUT2D eigenvalue weighted by molar-refractivity contribution is 14.0. The molecule has 0 spiro atoms. The van der Waals surface area contributed by atoms with E-state index in [-0.39, 0.29) is 35.6 Å². The Balaban J connectivity index is 0.00000364. The van der Waals surface area contributed by atoms with Gasteiger partial charge in [-0.25, -0.2) is 8.42 Å². The normalized spacial score (nSPS) is 18.3. The van der Waals surface area contributed by atoms with Gasteiger partial charge in [-0.3, -0.25) is 9.79 Å². The number of rotatable bonds is 5. The number of amides is 1. The van der Waals surface area contributed by atoms with Crippen LogP contribution in [0, 0.1) is 0 Å². The molecule has 1 fully saturated rings. The van der Waals surface area contributed by atoms with Gasteiger partial charge in [0.25, 0.3) is 0 Å². The molecule has 0 aromatic heterocycles. The predicted molar refractivity (Wildman–Crippen MR) is 119 cm³/mol. The number of hydrogen-bond acceptors (Lipinski definition) is 4. The molecule has 0 radical (unpaired) electrons. The minimum absolute atomic E-state index is 0. The van der Waals surface area contributed by atoms with E-state index in [0.29, 0.717) is 38.6 Å². The van der Waals surface area contributed by atoms with E-state index in [1.54, 1.807) is 20.9 Å². The third-order valence-corrected chi connectivity index (χ3v) is 7.06. The summed E-state index contributed by atoms with van der Waals surface area (Å²) >= 11 is 0. The molecule has 0 aliphatic carbocycles. The van der Waals surface area contributed by atoms with Crippen molar-refractivity contribution in [1.82, 2.24) is 15.5 Å². The van der Waals surface area contributed by atoms with Crippen molar-refractivity contribution in [2.24, 2.45) is 4.99 Å². The smallest absolute Gasteiger partial charge is 0.222 e. The molecule has 152 valence electrons. The number of benzene rings is 1. The molecule has 9 heteroatoms. The minimum atomic E-state index is -3.09. The maximum absolute atomic E-state index is 12.1. The first-order valence-corrected chi connectivity index (χ1v) is 10.4. The van der Waals surface area contributed by atoms with E-state index in [0.717, 1.165) is 5.56 Å². The van der Waals surface area contributed by atoms with Gasteiger partial charge in [0.15, 0.2) is 15.8 Å². The number of guanidine groups is 1. The second-order valence-corrected chi connectivity index (χ2v) is 9.73. The van der Waals surface area contributed by atoms with E-state index in [9.17, 15) is 13.2 Å². The molecule has 7 nitrogen and oxygen atoms in total. The lowest BCUT2D eigenvalue weighted by Gasteiger charge is -2.39. The molecular formula is C18H29IN4O3S. The van der Waals surface area contributed by atoms with E-state index in [1.165, 1.54) is 0 Å². The zero-order valence-corrected chi connectivity index (χ0v) is 19.2. The molecule has 0 unspecified atom stereocenters. The summed E-state index contributed by atoms with van der Waals surface area (Å²) in [7, 11) is -1.43. The molecule has 1 amide bonds. The Labute approximate surface area is 178 Å². The molecule has 1 aromatic carbocycles. The molecule has 0 atom stereocenters. The minimum Gasteiger partial charge on any atom is -0.356 e. The average Bonchev–Trinajstić information content (AvgIpc) is 2.60.